The molecule has 0 saturated heterocycles. The van der Waals surface area contributed by atoms with Gasteiger partial charge in [0.05, 0.1) is 0 Å². The first kappa shape index (κ1) is 9.45. The number of halogens is 1. The van der Waals surface area contributed by atoms with E-state index >= 15 is 0 Å². The third-order valence-corrected chi connectivity index (χ3v) is 2.13. The van der Waals surface area contributed by atoms with Gasteiger partial charge >= 0.3 is 0 Å². The number of anilines is 1. The molecule has 2 rings (SSSR count). The monoisotopic (exact) mass is 204 g/mol. The van der Waals surface area contributed by atoms with Gasteiger partial charge in [-0.3, -0.25) is 4.79 Å². The van der Waals surface area contributed by atoms with Gasteiger partial charge in [-0.2, -0.15) is 0 Å². The van der Waals surface area contributed by atoms with Crippen molar-refractivity contribution in [2.45, 2.75) is 0 Å². The van der Waals surface area contributed by atoms with Crippen molar-refractivity contribution in [1.82, 2.24) is 4.98 Å². The Morgan fingerprint density at radius 3 is 2.80 bits per heavy atom. The molecule has 1 aromatic heterocycles. The first-order valence-electron chi connectivity index (χ1n) is 4.41. The van der Waals surface area contributed by atoms with E-state index in [4.69, 9.17) is 5.73 Å². The molecule has 1 heterocycles. The summed E-state index contributed by atoms with van der Waals surface area (Å²) in [6.07, 6.45) is 1.49. The summed E-state index contributed by atoms with van der Waals surface area (Å²) in [6.45, 7) is 0. The Morgan fingerprint density at radius 1 is 1.27 bits per heavy atom. The van der Waals surface area contributed by atoms with Crippen LogP contribution in [-0.2, 0) is 0 Å². The first-order valence-corrected chi connectivity index (χ1v) is 4.41. The fourth-order valence-corrected chi connectivity index (χ4v) is 1.40. The first-order chi connectivity index (χ1) is 7.18. The molecular weight excluding hydrogens is 195 g/mol. The predicted octanol–water partition coefficient (Wildman–Crippen LogP) is 1.76. The van der Waals surface area contributed by atoms with Crippen LogP contribution in [0.5, 0.6) is 0 Å². The number of benzene rings is 1. The average molecular weight is 204 g/mol. The number of rotatable bonds is 1. The minimum absolute atomic E-state index is 0.100. The summed E-state index contributed by atoms with van der Waals surface area (Å²) in [4.78, 5) is 13.7. The fraction of sp³-hybridized carbons (Fsp3) is 0. The van der Waals surface area contributed by atoms with Gasteiger partial charge in [0.25, 0.3) is 5.56 Å². The van der Waals surface area contributed by atoms with Crippen LogP contribution in [0.4, 0.5) is 10.1 Å². The summed E-state index contributed by atoms with van der Waals surface area (Å²) in [5.41, 5.74) is 6.47. The topological polar surface area (TPSA) is 58.9 Å². The van der Waals surface area contributed by atoms with Crippen LogP contribution in [0.2, 0.25) is 0 Å². The maximum atomic E-state index is 13.0. The number of nitrogen functional groups attached to an aromatic ring is 1. The fourth-order valence-electron chi connectivity index (χ4n) is 1.40. The summed E-state index contributed by atoms with van der Waals surface area (Å²) in [5.74, 6) is -0.354. The number of hydrogen-bond acceptors (Lipinski definition) is 2. The lowest BCUT2D eigenvalue weighted by molar-refractivity contribution is 0.628. The molecule has 0 amide bonds. The van der Waals surface area contributed by atoms with E-state index in [0.29, 0.717) is 11.1 Å². The van der Waals surface area contributed by atoms with Gasteiger partial charge in [-0.25, -0.2) is 4.39 Å². The van der Waals surface area contributed by atoms with Gasteiger partial charge in [0, 0.05) is 11.8 Å². The second-order valence-electron chi connectivity index (χ2n) is 3.14. The normalized spacial score (nSPS) is 10.2. The largest absolute Gasteiger partial charge is 0.394 e. The molecule has 0 aliphatic heterocycles. The molecule has 0 radical (unpaired) electrons. The third-order valence-electron chi connectivity index (χ3n) is 2.13. The maximum absolute atomic E-state index is 13.0. The lowest BCUT2D eigenvalue weighted by Crippen LogP contribution is -2.11. The number of aromatic nitrogens is 1. The Balaban J connectivity index is 2.64. The highest BCUT2D eigenvalue weighted by atomic mass is 19.1. The van der Waals surface area contributed by atoms with E-state index in [-0.39, 0.29) is 17.1 Å². The molecule has 0 saturated carbocycles. The van der Waals surface area contributed by atoms with Crippen molar-refractivity contribution in [2.75, 3.05) is 5.73 Å². The molecule has 0 unspecified atom stereocenters. The third kappa shape index (κ3) is 1.74. The summed E-state index contributed by atoms with van der Waals surface area (Å²) in [6, 6.07) is 7.60. The molecule has 0 fully saturated rings. The summed E-state index contributed by atoms with van der Waals surface area (Å²) in [7, 11) is 0. The van der Waals surface area contributed by atoms with Gasteiger partial charge in [0.2, 0.25) is 0 Å². The van der Waals surface area contributed by atoms with E-state index in [2.05, 4.69) is 4.98 Å². The minimum Gasteiger partial charge on any atom is -0.394 e. The van der Waals surface area contributed by atoms with Crippen molar-refractivity contribution in [2.24, 2.45) is 0 Å². The molecule has 0 bridgehead atoms. The van der Waals surface area contributed by atoms with Crippen LogP contribution < -0.4 is 11.3 Å². The zero-order valence-electron chi connectivity index (χ0n) is 7.83. The van der Waals surface area contributed by atoms with Gasteiger partial charge in [-0.1, -0.05) is 12.1 Å². The zero-order valence-corrected chi connectivity index (χ0v) is 7.83. The van der Waals surface area contributed by atoms with Crippen molar-refractivity contribution in [3.8, 4) is 11.1 Å². The maximum Gasteiger partial charge on any atom is 0.271 e. The number of H-pyrrole nitrogens is 1. The summed E-state index contributed by atoms with van der Waals surface area (Å²) >= 11 is 0. The molecule has 0 aliphatic carbocycles. The highest BCUT2D eigenvalue weighted by Gasteiger charge is 2.05. The van der Waals surface area contributed by atoms with E-state index in [9.17, 15) is 9.18 Å². The SMILES string of the molecule is Nc1c(-c2cccc(F)c2)cc[nH]c1=O. The van der Waals surface area contributed by atoms with Crippen molar-refractivity contribution >= 4 is 5.69 Å². The molecule has 1 aromatic carbocycles. The quantitative estimate of drug-likeness (QED) is 0.743. The lowest BCUT2D eigenvalue weighted by atomic mass is 10.1. The van der Waals surface area contributed by atoms with Gasteiger partial charge in [0.1, 0.15) is 11.5 Å². The molecule has 0 aliphatic rings. The molecular formula is C11H9FN2O. The molecule has 15 heavy (non-hydrogen) atoms. The molecule has 3 nitrogen and oxygen atoms in total. The van der Waals surface area contributed by atoms with Crippen LogP contribution in [0, 0.1) is 5.82 Å². The Bertz CT molecular complexity index is 548. The van der Waals surface area contributed by atoms with E-state index in [1.165, 1.54) is 18.3 Å². The van der Waals surface area contributed by atoms with Crippen LogP contribution in [0.3, 0.4) is 0 Å². The smallest absolute Gasteiger partial charge is 0.271 e. The van der Waals surface area contributed by atoms with E-state index in [0.717, 1.165) is 0 Å². The Morgan fingerprint density at radius 2 is 2.07 bits per heavy atom. The van der Waals surface area contributed by atoms with Gasteiger partial charge < -0.3 is 10.7 Å². The van der Waals surface area contributed by atoms with Gasteiger partial charge in [-0.05, 0) is 23.8 Å². The van der Waals surface area contributed by atoms with Crippen LogP contribution in [0.15, 0.2) is 41.3 Å². The summed E-state index contributed by atoms with van der Waals surface area (Å²) < 4.78 is 13.0. The highest BCUT2D eigenvalue weighted by molar-refractivity contribution is 5.75. The van der Waals surface area contributed by atoms with Crippen LogP contribution in [0.1, 0.15) is 0 Å². The number of pyridine rings is 1. The predicted molar refractivity (Wildman–Crippen MR) is 56.9 cm³/mol. The Kier molecular flexibility index (Phi) is 2.25. The Hall–Kier alpha value is -2.10. The van der Waals surface area contributed by atoms with Crippen LogP contribution in [0.25, 0.3) is 11.1 Å². The second kappa shape index (κ2) is 3.57. The molecule has 0 atom stereocenters. The van der Waals surface area contributed by atoms with Crippen molar-refractivity contribution in [3.05, 3.63) is 52.7 Å². The molecule has 4 heteroatoms. The number of aromatic amines is 1. The second-order valence-corrected chi connectivity index (χ2v) is 3.14. The minimum atomic E-state index is -0.364. The number of nitrogens with one attached hydrogen (secondary N) is 1. The van der Waals surface area contributed by atoms with Crippen molar-refractivity contribution in [1.29, 1.82) is 0 Å². The summed E-state index contributed by atoms with van der Waals surface area (Å²) in [5, 5.41) is 0. The van der Waals surface area contributed by atoms with Gasteiger partial charge in [0.15, 0.2) is 0 Å². The highest BCUT2D eigenvalue weighted by Crippen LogP contribution is 2.22. The number of nitrogens with two attached hydrogens (primary N) is 1. The lowest BCUT2D eigenvalue weighted by Gasteiger charge is -2.04. The van der Waals surface area contributed by atoms with E-state index < -0.39 is 0 Å². The molecule has 76 valence electrons. The van der Waals surface area contributed by atoms with Crippen molar-refractivity contribution < 1.29 is 4.39 Å². The average Bonchev–Trinajstić information content (AvgIpc) is 2.22. The Labute approximate surface area is 85.4 Å². The van der Waals surface area contributed by atoms with Gasteiger partial charge in [-0.15, -0.1) is 0 Å². The zero-order chi connectivity index (χ0) is 10.8. The van der Waals surface area contributed by atoms with Crippen molar-refractivity contribution in [3.63, 3.8) is 0 Å². The van der Waals surface area contributed by atoms with Crippen LogP contribution >= 0.6 is 0 Å². The molecule has 2 aromatic rings. The number of hydrogen-bond donors (Lipinski definition) is 2. The molecule has 3 N–H and O–H groups in total. The van der Waals surface area contributed by atoms with Crippen LogP contribution in [-0.4, -0.2) is 4.98 Å². The molecule has 0 spiro atoms. The van der Waals surface area contributed by atoms with E-state index in [1.807, 2.05) is 0 Å². The van der Waals surface area contributed by atoms with E-state index in [1.54, 1.807) is 18.2 Å². The standard InChI is InChI=1S/C11H9FN2O/c12-8-3-1-2-7(6-8)9-4-5-14-11(15)10(9)13/h1-6H,13H2,(H,14,15).